The van der Waals surface area contributed by atoms with E-state index in [2.05, 4.69) is 52.3 Å². The van der Waals surface area contributed by atoms with Crippen molar-refractivity contribution in [2.45, 2.75) is 39.4 Å². The summed E-state index contributed by atoms with van der Waals surface area (Å²) in [6, 6.07) is 6.59. The minimum Gasteiger partial charge on any atom is -0.496 e. The Kier molecular flexibility index (Phi) is 5.87. The van der Waals surface area contributed by atoms with E-state index in [4.69, 9.17) is 4.74 Å². The van der Waals surface area contributed by atoms with Crippen molar-refractivity contribution >= 4 is 11.3 Å². The fraction of sp³-hybridized carbons (Fsp3) is 0.526. The van der Waals surface area contributed by atoms with E-state index in [1.165, 1.54) is 37.1 Å². The number of hydrogen-bond donors (Lipinski definition) is 0. The predicted molar refractivity (Wildman–Crippen MR) is 99.5 cm³/mol. The molecule has 2 aromatic rings. The molecule has 130 valence electrons. The van der Waals surface area contributed by atoms with Crippen LogP contribution in [0.15, 0.2) is 23.6 Å². The Labute approximate surface area is 149 Å². The lowest BCUT2D eigenvalue weighted by Crippen LogP contribution is -2.20. The molecule has 1 aliphatic rings. The first-order valence-corrected chi connectivity index (χ1v) is 9.49. The highest BCUT2D eigenvalue weighted by Crippen LogP contribution is 2.24. The molecule has 1 fully saturated rings. The van der Waals surface area contributed by atoms with Gasteiger partial charge in [-0.25, -0.2) is 4.98 Å². The third-order valence-corrected chi connectivity index (χ3v) is 5.31. The number of nitrogens with zero attached hydrogens (tertiary/aromatic N) is 3. The van der Waals surface area contributed by atoms with Crippen LogP contribution in [-0.4, -0.2) is 42.0 Å². The number of thiazole rings is 1. The summed E-state index contributed by atoms with van der Waals surface area (Å²) in [7, 11) is 3.91. The summed E-state index contributed by atoms with van der Waals surface area (Å²) in [6.07, 6.45) is 2.63. The Hall–Kier alpha value is -1.43. The SMILES string of the molecule is COc1ccc(CN(C)Cc2csc(C)n2)cc1CN1CCCC1. The van der Waals surface area contributed by atoms with E-state index in [0.717, 1.165) is 36.1 Å². The molecule has 4 nitrogen and oxygen atoms in total. The number of aryl methyl sites for hydroxylation is 1. The van der Waals surface area contributed by atoms with Gasteiger partial charge in [0.05, 0.1) is 17.8 Å². The van der Waals surface area contributed by atoms with Crippen molar-refractivity contribution < 1.29 is 4.74 Å². The van der Waals surface area contributed by atoms with E-state index >= 15 is 0 Å². The average molecular weight is 346 g/mol. The standard InChI is InChI=1S/C19H27N3OS/c1-15-20-18(14-24-15)13-21(2)11-16-6-7-19(23-3)17(10-16)12-22-8-4-5-9-22/h6-7,10,14H,4-5,8-9,11-13H2,1-3H3. The van der Waals surface area contributed by atoms with E-state index in [0.29, 0.717) is 0 Å². The van der Waals surface area contributed by atoms with Gasteiger partial charge < -0.3 is 4.74 Å². The van der Waals surface area contributed by atoms with Gasteiger partial charge in [0.1, 0.15) is 5.75 Å². The number of aromatic nitrogens is 1. The van der Waals surface area contributed by atoms with Gasteiger partial charge >= 0.3 is 0 Å². The second-order valence-electron chi connectivity index (χ2n) is 6.66. The average Bonchev–Trinajstić information content (AvgIpc) is 3.19. The molecule has 0 N–H and O–H groups in total. The van der Waals surface area contributed by atoms with Gasteiger partial charge in [-0.05, 0) is 57.6 Å². The number of likely N-dealkylation sites (tertiary alicyclic amines) is 1. The molecule has 0 atom stereocenters. The highest BCUT2D eigenvalue weighted by molar-refractivity contribution is 7.09. The Bertz CT molecular complexity index is 664. The lowest BCUT2D eigenvalue weighted by Gasteiger charge is -2.20. The summed E-state index contributed by atoms with van der Waals surface area (Å²) in [5.41, 5.74) is 3.79. The summed E-state index contributed by atoms with van der Waals surface area (Å²) in [4.78, 5) is 9.39. The van der Waals surface area contributed by atoms with Crippen LogP contribution in [0.4, 0.5) is 0 Å². The maximum absolute atomic E-state index is 5.57. The molecule has 1 aromatic heterocycles. The molecule has 0 saturated carbocycles. The molecule has 0 bridgehead atoms. The molecule has 3 rings (SSSR count). The van der Waals surface area contributed by atoms with Gasteiger partial charge in [-0.1, -0.05) is 6.07 Å². The van der Waals surface area contributed by atoms with Crippen LogP contribution >= 0.6 is 11.3 Å². The zero-order valence-electron chi connectivity index (χ0n) is 14.9. The van der Waals surface area contributed by atoms with Gasteiger partial charge in [0.2, 0.25) is 0 Å². The van der Waals surface area contributed by atoms with E-state index in [1.54, 1.807) is 18.4 Å². The Morgan fingerprint density at radius 3 is 2.71 bits per heavy atom. The number of ether oxygens (including phenoxy) is 1. The molecule has 0 aliphatic carbocycles. The van der Waals surface area contributed by atoms with Gasteiger partial charge in [-0.2, -0.15) is 0 Å². The first-order valence-electron chi connectivity index (χ1n) is 8.62. The van der Waals surface area contributed by atoms with Crippen LogP contribution in [-0.2, 0) is 19.6 Å². The number of benzene rings is 1. The van der Waals surface area contributed by atoms with Crippen molar-refractivity contribution in [1.29, 1.82) is 0 Å². The molecule has 24 heavy (non-hydrogen) atoms. The van der Waals surface area contributed by atoms with Gasteiger partial charge in [-0.3, -0.25) is 9.80 Å². The fourth-order valence-corrected chi connectivity index (χ4v) is 3.96. The Morgan fingerprint density at radius 1 is 1.25 bits per heavy atom. The van der Waals surface area contributed by atoms with Crippen molar-refractivity contribution in [3.8, 4) is 5.75 Å². The highest BCUT2D eigenvalue weighted by atomic mass is 32.1. The lowest BCUT2D eigenvalue weighted by molar-refractivity contribution is 0.311. The van der Waals surface area contributed by atoms with E-state index in [1.807, 2.05) is 0 Å². The normalized spacial score (nSPS) is 15.3. The van der Waals surface area contributed by atoms with Crippen LogP contribution in [0, 0.1) is 6.92 Å². The minimum absolute atomic E-state index is 0.887. The van der Waals surface area contributed by atoms with Gasteiger partial charge in [0.15, 0.2) is 0 Å². The third-order valence-electron chi connectivity index (χ3n) is 4.49. The summed E-state index contributed by atoms with van der Waals surface area (Å²) >= 11 is 1.72. The van der Waals surface area contributed by atoms with Gasteiger partial charge in [0.25, 0.3) is 0 Å². The van der Waals surface area contributed by atoms with Crippen LogP contribution < -0.4 is 4.74 Å². The summed E-state index contributed by atoms with van der Waals surface area (Å²) in [6.45, 7) is 7.27. The lowest BCUT2D eigenvalue weighted by atomic mass is 10.1. The number of hydrogen-bond acceptors (Lipinski definition) is 5. The highest BCUT2D eigenvalue weighted by Gasteiger charge is 2.15. The predicted octanol–water partition coefficient (Wildman–Crippen LogP) is 3.69. The van der Waals surface area contributed by atoms with Gasteiger partial charge in [0, 0.05) is 30.6 Å². The van der Waals surface area contributed by atoms with Crippen LogP contribution in [0.1, 0.15) is 34.7 Å². The molecule has 1 saturated heterocycles. The second kappa shape index (κ2) is 8.10. The van der Waals surface area contributed by atoms with Crippen LogP contribution in [0.5, 0.6) is 5.75 Å². The topological polar surface area (TPSA) is 28.6 Å². The maximum Gasteiger partial charge on any atom is 0.123 e. The molecule has 5 heteroatoms. The molecule has 1 aromatic carbocycles. The molecule has 0 amide bonds. The smallest absolute Gasteiger partial charge is 0.123 e. The zero-order chi connectivity index (χ0) is 16.9. The Morgan fingerprint density at radius 2 is 2.04 bits per heavy atom. The quantitative estimate of drug-likeness (QED) is 0.765. The molecule has 1 aliphatic heterocycles. The zero-order valence-corrected chi connectivity index (χ0v) is 15.7. The van der Waals surface area contributed by atoms with Crippen LogP contribution in [0.25, 0.3) is 0 Å². The van der Waals surface area contributed by atoms with Gasteiger partial charge in [-0.15, -0.1) is 11.3 Å². The largest absolute Gasteiger partial charge is 0.496 e. The summed E-state index contributed by atoms with van der Waals surface area (Å²) < 4.78 is 5.57. The Balaban J connectivity index is 1.66. The first kappa shape index (κ1) is 17.4. The van der Waals surface area contributed by atoms with Crippen molar-refractivity contribution in [2.75, 3.05) is 27.2 Å². The molecule has 0 spiro atoms. The molecule has 2 heterocycles. The maximum atomic E-state index is 5.57. The van der Waals surface area contributed by atoms with E-state index < -0.39 is 0 Å². The first-order chi connectivity index (χ1) is 11.6. The summed E-state index contributed by atoms with van der Waals surface area (Å²) in [5.74, 6) is 1.00. The molecular formula is C19H27N3OS. The van der Waals surface area contributed by atoms with Crippen LogP contribution in [0.3, 0.4) is 0 Å². The van der Waals surface area contributed by atoms with E-state index in [9.17, 15) is 0 Å². The third kappa shape index (κ3) is 4.56. The molecule has 0 unspecified atom stereocenters. The molecular weight excluding hydrogens is 318 g/mol. The monoisotopic (exact) mass is 345 g/mol. The van der Waals surface area contributed by atoms with Crippen molar-refractivity contribution in [2.24, 2.45) is 0 Å². The number of methoxy groups -OCH3 is 1. The molecule has 0 radical (unpaired) electrons. The van der Waals surface area contributed by atoms with Crippen molar-refractivity contribution in [3.05, 3.63) is 45.4 Å². The minimum atomic E-state index is 0.887. The van der Waals surface area contributed by atoms with Crippen LogP contribution in [0.2, 0.25) is 0 Å². The summed E-state index contributed by atoms with van der Waals surface area (Å²) in [5, 5.41) is 3.29. The number of rotatable bonds is 7. The fourth-order valence-electron chi connectivity index (χ4n) is 3.36. The van der Waals surface area contributed by atoms with Crippen molar-refractivity contribution in [3.63, 3.8) is 0 Å². The van der Waals surface area contributed by atoms with E-state index in [-0.39, 0.29) is 0 Å². The second-order valence-corrected chi connectivity index (χ2v) is 7.72. The van der Waals surface area contributed by atoms with Crippen molar-refractivity contribution in [1.82, 2.24) is 14.8 Å².